The quantitative estimate of drug-likeness (QED) is 0.721. The summed E-state index contributed by atoms with van der Waals surface area (Å²) >= 11 is 0. The van der Waals surface area contributed by atoms with Gasteiger partial charge in [0.05, 0.1) is 12.6 Å². The first kappa shape index (κ1) is 11.3. The van der Waals surface area contributed by atoms with E-state index in [1.54, 1.807) is 0 Å². The highest BCUT2D eigenvalue weighted by molar-refractivity contribution is 5.92. The second-order valence-electron chi connectivity index (χ2n) is 3.18. The summed E-state index contributed by atoms with van der Waals surface area (Å²) in [5.74, 6) is 2.40. The van der Waals surface area contributed by atoms with E-state index in [0.717, 1.165) is 5.69 Å². The second-order valence-corrected chi connectivity index (χ2v) is 3.18. The van der Waals surface area contributed by atoms with Gasteiger partial charge in [-0.2, -0.15) is 0 Å². The third-order valence-electron chi connectivity index (χ3n) is 1.88. The van der Waals surface area contributed by atoms with Gasteiger partial charge < -0.3 is 5.32 Å². The van der Waals surface area contributed by atoms with Gasteiger partial charge in [0.2, 0.25) is 5.91 Å². The largest absolute Gasteiger partial charge is 0.325 e. The smallest absolute Gasteiger partial charge is 0.238 e. The monoisotopic (exact) mass is 202 g/mol. The second kappa shape index (κ2) is 5.84. The molecule has 3 heteroatoms. The lowest BCUT2D eigenvalue weighted by atomic mass is 10.3. The predicted octanol–water partition coefficient (Wildman–Crippen LogP) is 1.24. The summed E-state index contributed by atoms with van der Waals surface area (Å²) in [6, 6.07) is 9.21. The van der Waals surface area contributed by atoms with Crippen LogP contribution in [-0.4, -0.2) is 18.5 Å². The van der Waals surface area contributed by atoms with Gasteiger partial charge in [-0.05, 0) is 19.1 Å². The number of nitrogens with one attached hydrogen (secondary N) is 2. The van der Waals surface area contributed by atoms with Crippen LogP contribution in [0.1, 0.15) is 6.92 Å². The molecule has 0 fully saturated rings. The standard InChI is InChI=1S/C12H14N2O/c1-3-10(2)13-9-12(15)14-11-7-5-4-6-8-11/h1,4-8,10,13H,9H2,2H3,(H,14,15). The molecule has 78 valence electrons. The van der Waals surface area contributed by atoms with Crippen LogP contribution in [0.15, 0.2) is 30.3 Å². The van der Waals surface area contributed by atoms with Crippen LogP contribution in [0.3, 0.4) is 0 Å². The Labute approximate surface area is 89.9 Å². The SMILES string of the molecule is C#CC(C)NCC(=O)Nc1ccccc1. The van der Waals surface area contributed by atoms with Gasteiger partial charge in [-0.1, -0.05) is 24.1 Å². The molecule has 0 aliphatic heterocycles. The molecule has 1 amide bonds. The number of amides is 1. The van der Waals surface area contributed by atoms with Gasteiger partial charge in [-0.25, -0.2) is 0 Å². The zero-order chi connectivity index (χ0) is 11.1. The van der Waals surface area contributed by atoms with E-state index in [2.05, 4.69) is 16.6 Å². The van der Waals surface area contributed by atoms with E-state index < -0.39 is 0 Å². The van der Waals surface area contributed by atoms with Gasteiger partial charge in [0.15, 0.2) is 0 Å². The maximum absolute atomic E-state index is 11.4. The lowest BCUT2D eigenvalue weighted by molar-refractivity contribution is -0.115. The number of hydrogen-bond acceptors (Lipinski definition) is 2. The van der Waals surface area contributed by atoms with Crippen LogP contribution in [0.2, 0.25) is 0 Å². The van der Waals surface area contributed by atoms with Crippen LogP contribution in [-0.2, 0) is 4.79 Å². The zero-order valence-corrected chi connectivity index (χ0v) is 8.66. The van der Waals surface area contributed by atoms with Crippen molar-refractivity contribution in [2.24, 2.45) is 0 Å². The number of carbonyl (C=O) groups is 1. The van der Waals surface area contributed by atoms with Crippen LogP contribution in [0.4, 0.5) is 5.69 Å². The number of carbonyl (C=O) groups excluding carboxylic acids is 1. The molecular formula is C12H14N2O. The van der Waals surface area contributed by atoms with Crippen molar-refractivity contribution < 1.29 is 4.79 Å². The van der Waals surface area contributed by atoms with E-state index in [-0.39, 0.29) is 18.5 Å². The van der Waals surface area contributed by atoms with Crippen molar-refractivity contribution in [3.8, 4) is 12.3 Å². The van der Waals surface area contributed by atoms with Crippen molar-refractivity contribution in [1.82, 2.24) is 5.32 Å². The van der Waals surface area contributed by atoms with Crippen molar-refractivity contribution in [2.45, 2.75) is 13.0 Å². The van der Waals surface area contributed by atoms with E-state index in [1.807, 2.05) is 37.3 Å². The molecule has 1 aromatic carbocycles. The van der Waals surface area contributed by atoms with E-state index >= 15 is 0 Å². The van der Waals surface area contributed by atoms with Crippen molar-refractivity contribution in [3.05, 3.63) is 30.3 Å². The summed E-state index contributed by atoms with van der Waals surface area (Å²) in [6.45, 7) is 2.05. The number of rotatable bonds is 4. The molecule has 0 saturated heterocycles. The molecule has 0 aliphatic rings. The predicted molar refractivity (Wildman–Crippen MR) is 61.4 cm³/mol. The van der Waals surface area contributed by atoms with E-state index in [1.165, 1.54) is 0 Å². The number of para-hydroxylation sites is 1. The van der Waals surface area contributed by atoms with Crippen LogP contribution in [0, 0.1) is 12.3 Å². The third kappa shape index (κ3) is 4.30. The Kier molecular flexibility index (Phi) is 4.39. The molecule has 1 atom stereocenters. The van der Waals surface area contributed by atoms with Gasteiger partial charge in [-0.3, -0.25) is 10.1 Å². The normalized spacial score (nSPS) is 11.5. The average Bonchev–Trinajstić information content (AvgIpc) is 2.27. The van der Waals surface area contributed by atoms with Crippen LogP contribution in [0.5, 0.6) is 0 Å². The fourth-order valence-corrected chi connectivity index (χ4v) is 1.03. The fourth-order valence-electron chi connectivity index (χ4n) is 1.03. The van der Waals surface area contributed by atoms with Crippen molar-refractivity contribution in [3.63, 3.8) is 0 Å². The van der Waals surface area contributed by atoms with Crippen LogP contribution in [0.25, 0.3) is 0 Å². The number of terminal acetylenes is 1. The number of benzene rings is 1. The molecule has 1 rings (SSSR count). The fraction of sp³-hybridized carbons (Fsp3) is 0.250. The molecule has 1 unspecified atom stereocenters. The van der Waals surface area contributed by atoms with Gasteiger partial charge >= 0.3 is 0 Å². The Bertz CT molecular complexity index is 354. The first-order valence-corrected chi connectivity index (χ1v) is 4.77. The maximum Gasteiger partial charge on any atom is 0.238 e. The molecule has 3 nitrogen and oxygen atoms in total. The molecule has 0 spiro atoms. The Morgan fingerprint density at radius 2 is 2.13 bits per heavy atom. The van der Waals surface area contributed by atoms with Gasteiger partial charge in [0.25, 0.3) is 0 Å². The highest BCUT2D eigenvalue weighted by atomic mass is 16.1. The van der Waals surface area contributed by atoms with E-state index in [9.17, 15) is 4.79 Å². The molecule has 0 heterocycles. The minimum absolute atomic E-state index is 0.0912. The molecule has 2 N–H and O–H groups in total. The minimum atomic E-state index is -0.0942. The first-order chi connectivity index (χ1) is 7.22. The van der Waals surface area contributed by atoms with E-state index in [4.69, 9.17) is 6.42 Å². The minimum Gasteiger partial charge on any atom is -0.325 e. The zero-order valence-electron chi connectivity index (χ0n) is 8.66. The molecule has 0 saturated carbocycles. The van der Waals surface area contributed by atoms with Crippen molar-refractivity contribution in [2.75, 3.05) is 11.9 Å². The van der Waals surface area contributed by atoms with Crippen LogP contribution >= 0.6 is 0 Å². The van der Waals surface area contributed by atoms with Gasteiger partial charge in [-0.15, -0.1) is 6.42 Å². The molecule has 1 aromatic rings. The summed E-state index contributed by atoms with van der Waals surface area (Å²) in [6.07, 6.45) is 5.17. The molecule has 0 radical (unpaired) electrons. The van der Waals surface area contributed by atoms with Crippen molar-refractivity contribution >= 4 is 11.6 Å². The summed E-state index contributed by atoms with van der Waals surface area (Å²) in [4.78, 5) is 11.4. The summed E-state index contributed by atoms with van der Waals surface area (Å²) < 4.78 is 0. The Morgan fingerprint density at radius 1 is 1.47 bits per heavy atom. The summed E-state index contributed by atoms with van der Waals surface area (Å²) in [7, 11) is 0. The Morgan fingerprint density at radius 3 is 2.73 bits per heavy atom. The summed E-state index contributed by atoms with van der Waals surface area (Å²) in [5, 5.41) is 5.66. The average molecular weight is 202 g/mol. The topological polar surface area (TPSA) is 41.1 Å². The number of anilines is 1. The van der Waals surface area contributed by atoms with Gasteiger partial charge in [0, 0.05) is 5.69 Å². The maximum atomic E-state index is 11.4. The summed E-state index contributed by atoms with van der Waals surface area (Å²) in [5.41, 5.74) is 0.790. The molecular weight excluding hydrogens is 188 g/mol. The molecule has 0 aliphatic carbocycles. The lowest BCUT2D eigenvalue weighted by Gasteiger charge is -2.08. The Balaban J connectivity index is 2.35. The lowest BCUT2D eigenvalue weighted by Crippen LogP contribution is -2.33. The number of hydrogen-bond donors (Lipinski definition) is 2. The molecule has 0 aromatic heterocycles. The van der Waals surface area contributed by atoms with E-state index in [0.29, 0.717) is 0 Å². The van der Waals surface area contributed by atoms with Gasteiger partial charge in [0.1, 0.15) is 0 Å². The highest BCUT2D eigenvalue weighted by Crippen LogP contribution is 2.03. The highest BCUT2D eigenvalue weighted by Gasteiger charge is 2.02. The van der Waals surface area contributed by atoms with Crippen molar-refractivity contribution in [1.29, 1.82) is 0 Å². The molecule has 0 bridgehead atoms. The third-order valence-corrected chi connectivity index (χ3v) is 1.88. The first-order valence-electron chi connectivity index (χ1n) is 4.77. The van der Waals surface area contributed by atoms with Crippen LogP contribution < -0.4 is 10.6 Å². The molecule has 15 heavy (non-hydrogen) atoms. The Hall–Kier alpha value is -1.79.